The molecule has 0 bridgehead atoms. The van der Waals surface area contributed by atoms with Crippen molar-refractivity contribution in [3.63, 3.8) is 0 Å². The van der Waals surface area contributed by atoms with E-state index in [4.69, 9.17) is 14.2 Å². The van der Waals surface area contributed by atoms with Gasteiger partial charge in [0.15, 0.2) is 6.10 Å². The zero-order valence-corrected chi connectivity index (χ0v) is 45.9. The summed E-state index contributed by atoms with van der Waals surface area (Å²) in [5.74, 6) is -0.513. The van der Waals surface area contributed by atoms with Crippen molar-refractivity contribution >= 4 is 11.9 Å². The second-order valence-electron chi connectivity index (χ2n) is 17.7. The maximum atomic E-state index is 12.9. The van der Waals surface area contributed by atoms with E-state index in [0.29, 0.717) is 19.4 Å². The third-order valence-corrected chi connectivity index (χ3v) is 10.9. The predicted molar refractivity (Wildman–Crippen MR) is 315 cm³/mol. The zero-order chi connectivity index (χ0) is 52.0. The molecule has 0 N–H and O–H groups in total. The molecule has 1 atom stereocenters. The average molecular weight is 988 g/mol. The van der Waals surface area contributed by atoms with E-state index in [9.17, 15) is 9.59 Å². The smallest absolute Gasteiger partial charge is 0.306 e. The van der Waals surface area contributed by atoms with Gasteiger partial charge in [-0.05, 0) is 154 Å². The van der Waals surface area contributed by atoms with Gasteiger partial charge in [-0.2, -0.15) is 0 Å². The van der Waals surface area contributed by atoms with Crippen LogP contribution in [-0.4, -0.2) is 37.9 Å². The van der Waals surface area contributed by atoms with Gasteiger partial charge in [0.05, 0.1) is 6.61 Å². The van der Waals surface area contributed by atoms with E-state index in [-0.39, 0.29) is 25.2 Å². The molecule has 5 heteroatoms. The summed E-state index contributed by atoms with van der Waals surface area (Å²) in [6.45, 7) is 7.28. The van der Waals surface area contributed by atoms with E-state index in [1.54, 1.807) is 0 Å². The van der Waals surface area contributed by atoms with Crippen molar-refractivity contribution in [1.29, 1.82) is 0 Å². The second-order valence-corrected chi connectivity index (χ2v) is 17.7. The number of carbonyl (C=O) groups excluding carboxylic acids is 2. The Bertz CT molecular complexity index is 1680. The minimum absolute atomic E-state index is 0.0225. The molecule has 0 aliphatic rings. The molecule has 1 unspecified atom stereocenters. The summed E-state index contributed by atoms with van der Waals surface area (Å²) < 4.78 is 17.4. The molecule has 0 aromatic heterocycles. The normalized spacial score (nSPS) is 13.7. The van der Waals surface area contributed by atoms with Gasteiger partial charge >= 0.3 is 11.9 Å². The first-order chi connectivity index (χ1) is 35.6. The first-order valence-electron chi connectivity index (χ1n) is 28.3. The van der Waals surface area contributed by atoms with Crippen LogP contribution in [0.25, 0.3) is 0 Å². The number of carbonyl (C=O) groups is 2. The number of rotatable bonds is 49. The summed E-state index contributed by atoms with van der Waals surface area (Å²) in [5, 5.41) is 0. The standard InChI is InChI=1S/C67H102O5/c1-4-7-10-13-16-19-22-25-28-31-34-36-39-42-45-48-51-54-57-60-66(68)71-64-65(63-70-62-59-56-53-50-47-44-41-38-33-30-27-24-21-18-15-12-9-6-3)72-67(69)61-58-55-52-49-46-43-40-37-35-32-29-26-23-20-17-14-11-8-5-2/h7-12,16-21,25-30,34-38,41-43,45-47,50,65H,4-6,13-15,22-24,31-33,39-40,44,48-49,51-64H2,1-3H3/b10-7-,11-8-,12-9-,19-16-,20-17-,21-18-,28-25-,29-26-,30-27-,36-34-,37-35-,41-38-,45-42-,46-43-,50-47-. The molecule has 0 aliphatic heterocycles. The van der Waals surface area contributed by atoms with Gasteiger partial charge in [-0.1, -0.05) is 216 Å². The van der Waals surface area contributed by atoms with Gasteiger partial charge in [0.2, 0.25) is 0 Å². The van der Waals surface area contributed by atoms with Gasteiger partial charge in [-0.3, -0.25) is 9.59 Å². The maximum Gasteiger partial charge on any atom is 0.306 e. The Hall–Kier alpha value is -5.00. The molecule has 0 saturated carbocycles. The second kappa shape index (κ2) is 60.3. The monoisotopic (exact) mass is 987 g/mol. The minimum atomic E-state index is -0.607. The minimum Gasteiger partial charge on any atom is -0.462 e. The highest BCUT2D eigenvalue weighted by atomic mass is 16.6. The Labute approximate surface area is 442 Å². The van der Waals surface area contributed by atoms with Gasteiger partial charge < -0.3 is 14.2 Å². The number of hydrogen-bond acceptors (Lipinski definition) is 5. The molecule has 5 nitrogen and oxygen atoms in total. The molecule has 400 valence electrons. The Kier molecular flexibility index (Phi) is 56.1. The number of esters is 2. The van der Waals surface area contributed by atoms with Crippen molar-refractivity contribution in [1.82, 2.24) is 0 Å². The van der Waals surface area contributed by atoms with Crippen molar-refractivity contribution in [2.24, 2.45) is 0 Å². The van der Waals surface area contributed by atoms with Crippen molar-refractivity contribution in [3.8, 4) is 0 Å². The van der Waals surface area contributed by atoms with E-state index in [1.165, 1.54) is 0 Å². The van der Waals surface area contributed by atoms with Gasteiger partial charge in [-0.25, -0.2) is 0 Å². The van der Waals surface area contributed by atoms with Crippen LogP contribution in [0.4, 0.5) is 0 Å². The number of unbranched alkanes of at least 4 members (excludes halogenated alkanes) is 8. The molecule has 0 saturated heterocycles. The van der Waals surface area contributed by atoms with Gasteiger partial charge in [0.25, 0.3) is 0 Å². The van der Waals surface area contributed by atoms with E-state index in [2.05, 4.69) is 203 Å². The molecule has 72 heavy (non-hydrogen) atoms. The fourth-order valence-electron chi connectivity index (χ4n) is 6.82. The van der Waals surface area contributed by atoms with Crippen molar-refractivity contribution in [2.75, 3.05) is 19.8 Å². The summed E-state index contributed by atoms with van der Waals surface area (Å²) in [5.41, 5.74) is 0. The van der Waals surface area contributed by atoms with Crippen LogP contribution in [0.3, 0.4) is 0 Å². The van der Waals surface area contributed by atoms with Gasteiger partial charge in [-0.15, -0.1) is 0 Å². The molecule has 0 aromatic carbocycles. The van der Waals surface area contributed by atoms with Gasteiger partial charge in [0, 0.05) is 19.4 Å². The molecule has 0 rings (SSSR count). The van der Waals surface area contributed by atoms with E-state index < -0.39 is 6.10 Å². The third-order valence-electron chi connectivity index (χ3n) is 10.9. The fraction of sp³-hybridized carbons (Fsp3) is 0.522. The maximum absolute atomic E-state index is 12.9. The quantitative estimate of drug-likeness (QED) is 0.0345. The lowest BCUT2D eigenvalue weighted by Gasteiger charge is -2.18. The zero-order valence-electron chi connectivity index (χ0n) is 45.9. The van der Waals surface area contributed by atoms with E-state index >= 15 is 0 Å². The molecule has 0 radical (unpaired) electrons. The third kappa shape index (κ3) is 57.6. The Morgan fingerprint density at radius 1 is 0.306 bits per heavy atom. The van der Waals surface area contributed by atoms with Crippen LogP contribution in [-0.2, 0) is 23.8 Å². The molecule has 0 aliphatic carbocycles. The van der Waals surface area contributed by atoms with Crippen LogP contribution in [0.2, 0.25) is 0 Å². The number of ether oxygens (including phenoxy) is 3. The largest absolute Gasteiger partial charge is 0.462 e. The SMILES string of the molecule is CC/C=C\C/C=C\C/C=C\C/C=C\C/C=C\CCCCCC(=O)OCC(COCCCC/C=C\C/C=C\C/C=C\C/C=C\C/C=C\CC)OC(=O)CCCCC/C=C\C/C=C\C/C=C\C/C=C\C/C=C\CC. The summed E-state index contributed by atoms with van der Waals surface area (Å²) >= 11 is 0. The van der Waals surface area contributed by atoms with Crippen LogP contribution in [0.15, 0.2) is 182 Å². The first-order valence-corrected chi connectivity index (χ1v) is 28.3. The highest BCUT2D eigenvalue weighted by Gasteiger charge is 2.17. The lowest BCUT2D eigenvalue weighted by atomic mass is 10.1. The lowest BCUT2D eigenvalue weighted by molar-refractivity contribution is -0.163. The molecule has 0 spiro atoms. The predicted octanol–water partition coefficient (Wildman–Crippen LogP) is 19.8. The first kappa shape index (κ1) is 67.0. The van der Waals surface area contributed by atoms with Crippen LogP contribution >= 0.6 is 0 Å². The molecule has 0 fully saturated rings. The molecule has 0 heterocycles. The van der Waals surface area contributed by atoms with Gasteiger partial charge in [0.1, 0.15) is 6.61 Å². The Balaban J connectivity index is 4.55. The molecule has 0 amide bonds. The van der Waals surface area contributed by atoms with Crippen molar-refractivity contribution in [2.45, 2.75) is 207 Å². The molecule has 0 aromatic rings. The van der Waals surface area contributed by atoms with Crippen LogP contribution in [0, 0.1) is 0 Å². The highest BCUT2D eigenvalue weighted by Crippen LogP contribution is 2.10. The summed E-state index contributed by atoms with van der Waals surface area (Å²) in [4.78, 5) is 25.5. The topological polar surface area (TPSA) is 61.8 Å². The lowest BCUT2D eigenvalue weighted by Crippen LogP contribution is -2.30. The number of hydrogen-bond donors (Lipinski definition) is 0. The van der Waals surface area contributed by atoms with E-state index in [0.717, 1.165) is 167 Å². The van der Waals surface area contributed by atoms with Crippen LogP contribution in [0.5, 0.6) is 0 Å². The fourth-order valence-corrected chi connectivity index (χ4v) is 6.82. The average Bonchev–Trinajstić information content (AvgIpc) is 3.38. The Morgan fingerprint density at radius 3 is 0.903 bits per heavy atom. The van der Waals surface area contributed by atoms with Crippen molar-refractivity contribution < 1.29 is 23.8 Å². The molecular formula is C67H102O5. The van der Waals surface area contributed by atoms with Crippen molar-refractivity contribution in [3.05, 3.63) is 182 Å². The summed E-state index contributed by atoms with van der Waals surface area (Å²) in [6, 6.07) is 0. The molecular weight excluding hydrogens is 885 g/mol. The van der Waals surface area contributed by atoms with E-state index in [1.807, 2.05) is 0 Å². The van der Waals surface area contributed by atoms with Crippen LogP contribution < -0.4 is 0 Å². The number of allylic oxidation sites excluding steroid dienone is 30. The Morgan fingerprint density at radius 2 is 0.583 bits per heavy atom. The highest BCUT2D eigenvalue weighted by molar-refractivity contribution is 5.70. The summed E-state index contributed by atoms with van der Waals surface area (Å²) in [6.07, 6.45) is 92.0. The van der Waals surface area contributed by atoms with Crippen LogP contribution in [0.1, 0.15) is 201 Å². The summed E-state index contributed by atoms with van der Waals surface area (Å²) in [7, 11) is 0.